The topological polar surface area (TPSA) is 70.0 Å². The van der Waals surface area contributed by atoms with Crippen molar-refractivity contribution in [2.45, 2.75) is 52.9 Å². The Balaban J connectivity index is 2.14. The Labute approximate surface area is 215 Å². The number of rotatable bonds is 11. The van der Waals surface area contributed by atoms with Gasteiger partial charge in [-0.3, -0.25) is 0 Å². The molecule has 0 heterocycles. The molecule has 5 nitrogen and oxygen atoms in total. The molecule has 0 spiro atoms. The molecule has 0 saturated carbocycles. The number of nitrogens with zero attached hydrogens (tertiary/aromatic N) is 1. The number of ether oxygens (including phenoxy) is 1. The van der Waals surface area contributed by atoms with Gasteiger partial charge < -0.3 is 19.8 Å². The van der Waals surface area contributed by atoms with E-state index in [2.05, 4.69) is 63.8 Å². The quantitative estimate of drug-likeness (QED) is 0.303. The molecule has 5 heteroatoms. The van der Waals surface area contributed by atoms with Crippen LogP contribution in [0.2, 0.25) is 0 Å². The van der Waals surface area contributed by atoms with Gasteiger partial charge in [-0.25, -0.2) is 4.79 Å². The highest BCUT2D eigenvalue weighted by molar-refractivity contribution is 5.88. The zero-order valence-corrected chi connectivity index (χ0v) is 22.2. The maximum atomic E-state index is 11.3. The monoisotopic (exact) mass is 489 g/mol. The normalized spacial score (nSPS) is 11.4. The summed E-state index contributed by atoms with van der Waals surface area (Å²) in [5.41, 5.74) is 6.65. The van der Waals surface area contributed by atoms with Crippen LogP contribution in [0.4, 0.5) is 5.69 Å². The lowest BCUT2D eigenvalue weighted by Gasteiger charge is -2.32. The molecule has 0 atom stereocenters. The van der Waals surface area contributed by atoms with E-state index in [9.17, 15) is 15.0 Å². The van der Waals surface area contributed by atoms with E-state index in [1.807, 2.05) is 24.3 Å². The van der Waals surface area contributed by atoms with Gasteiger partial charge >= 0.3 is 5.97 Å². The van der Waals surface area contributed by atoms with Crippen LogP contribution >= 0.6 is 0 Å². The van der Waals surface area contributed by atoms with Gasteiger partial charge in [-0.05, 0) is 76.9 Å². The molecular weight excluding hydrogens is 450 g/mol. The molecule has 192 valence electrons. The van der Waals surface area contributed by atoms with Gasteiger partial charge in [0.05, 0.1) is 12.2 Å². The fourth-order valence-electron chi connectivity index (χ4n) is 4.49. The van der Waals surface area contributed by atoms with E-state index in [0.717, 1.165) is 48.2 Å². The second-order valence-corrected chi connectivity index (χ2v) is 10.1. The maximum absolute atomic E-state index is 11.3. The smallest absolute Gasteiger partial charge is 0.335 e. The highest BCUT2D eigenvalue weighted by Gasteiger charge is 2.23. The molecule has 3 aromatic rings. The number of anilines is 1. The van der Waals surface area contributed by atoms with Crippen molar-refractivity contribution in [1.82, 2.24) is 0 Å². The van der Waals surface area contributed by atoms with Crippen molar-refractivity contribution in [2.75, 3.05) is 31.2 Å². The molecule has 36 heavy (non-hydrogen) atoms. The maximum Gasteiger partial charge on any atom is 0.335 e. The Bertz CT molecular complexity index is 1160. The number of aliphatic hydroxyl groups excluding tert-OH is 1. The average molecular weight is 490 g/mol. The molecule has 0 radical (unpaired) electrons. The second-order valence-electron chi connectivity index (χ2n) is 10.1. The van der Waals surface area contributed by atoms with E-state index in [0.29, 0.717) is 5.75 Å². The summed E-state index contributed by atoms with van der Waals surface area (Å²) in [5.74, 6) is -0.230. The first-order valence-electron chi connectivity index (χ1n) is 12.8. The summed E-state index contributed by atoms with van der Waals surface area (Å²) in [5, 5.41) is 18.6. The van der Waals surface area contributed by atoms with Gasteiger partial charge in [-0.15, -0.1) is 0 Å². The summed E-state index contributed by atoms with van der Waals surface area (Å²) in [6.45, 7) is 13.4. The first-order valence-corrected chi connectivity index (χ1v) is 12.8. The van der Waals surface area contributed by atoms with Crippen LogP contribution in [0.15, 0.2) is 60.7 Å². The van der Waals surface area contributed by atoms with Crippen molar-refractivity contribution < 1.29 is 19.7 Å². The molecule has 0 amide bonds. The molecular formula is C31H39NO4. The van der Waals surface area contributed by atoms with Crippen LogP contribution in [0.5, 0.6) is 5.75 Å². The molecule has 0 aliphatic rings. The van der Waals surface area contributed by atoms with Gasteiger partial charge in [-0.2, -0.15) is 0 Å². The Morgan fingerprint density at radius 1 is 0.861 bits per heavy atom. The van der Waals surface area contributed by atoms with Crippen LogP contribution in [0.25, 0.3) is 22.3 Å². The molecule has 0 saturated heterocycles. The van der Waals surface area contributed by atoms with Crippen LogP contribution in [-0.2, 0) is 5.41 Å². The largest absolute Gasteiger partial charge is 0.491 e. The van der Waals surface area contributed by atoms with Crippen molar-refractivity contribution in [3.63, 3.8) is 0 Å². The van der Waals surface area contributed by atoms with E-state index in [-0.39, 0.29) is 24.2 Å². The van der Waals surface area contributed by atoms with Crippen molar-refractivity contribution in [2.24, 2.45) is 0 Å². The molecule has 0 aliphatic carbocycles. The fraction of sp³-hybridized carbons (Fsp3) is 0.387. The predicted octanol–water partition coefficient (Wildman–Crippen LogP) is 7.01. The molecule has 0 bridgehead atoms. The van der Waals surface area contributed by atoms with Crippen molar-refractivity contribution >= 4 is 11.7 Å². The average Bonchev–Trinajstić information content (AvgIpc) is 2.86. The van der Waals surface area contributed by atoms with Crippen molar-refractivity contribution in [3.05, 3.63) is 71.8 Å². The van der Waals surface area contributed by atoms with Crippen LogP contribution in [-0.4, -0.2) is 42.5 Å². The Morgan fingerprint density at radius 2 is 1.47 bits per heavy atom. The highest BCUT2D eigenvalue weighted by atomic mass is 16.5. The zero-order valence-electron chi connectivity index (χ0n) is 22.2. The van der Waals surface area contributed by atoms with Crippen LogP contribution in [0.3, 0.4) is 0 Å². The molecule has 0 aliphatic heterocycles. The van der Waals surface area contributed by atoms with E-state index in [1.165, 1.54) is 11.3 Å². The number of benzene rings is 3. The van der Waals surface area contributed by atoms with Crippen LogP contribution in [0.1, 0.15) is 63.4 Å². The SMILES string of the molecule is CCCN(CCC)c1ccc(-c2cc(-c3ccc(C(=O)O)cc3)ccc2OCCO)cc1C(C)(C)C. The summed E-state index contributed by atoms with van der Waals surface area (Å²) in [6, 6.07) is 19.5. The molecule has 3 rings (SSSR count). The predicted molar refractivity (Wildman–Crippen MR) is 148 cm³/mol. The Morgan fingerprint density at radius 3 is 2.03 bits per heavy atom. The lowest BCUT2D eigenvalue weighted by molar-refractivity contribution is 0.0697. The fourth-order valence-corrected chi connectivity index (χ4v) is 4.49. The van der Waals surface area contributed by atoms with Crippen molar-refractivity contribution in [1.29, 1.82) is 0 Å². The van der Waals surface area contributed by atoms with E-state index >= 15 is 0 Å². The lowest BCUT2D eigenvalue weighted by atomic mass is 9.83. The van der Waals surface area contributed by atoms with E-state index in [1.54, 1.807) is 12.1 Å². The van der Waals surface area contributed by atoms with E-state index < -0.39 is 5.97 Å². The van der Waals surface area contributed by atoms with Gasteiger partial charge in [0.1, 0.15) is 12.4 Å². The summed E-state index contributed by atoms with van der Waals surface area (Å²) in [6.07, 6.45) is 2.18. The summed E-state index contributed by atoms with van der Waals surface area (Å²) in [4.78, 5) is 13.7. The second kappa shape index (κ2) is 12.1. The Kier molecular flexibility index (Phi) is 9.16. The zero-order chi connectivity index (χ0) is 26.3. The molecule has 0 aromatic heterocycles. The van der Waals surface area contributed by atoms with Gasteiger partial charge in [-0.1, -0.05) is 58.9 Å². The van der Waals surface area contributed by atoms with Gasteiger partial charge in [0.2, 0.25) is 0 Å². The van der Waals surface area contributed by atoms with Crippen molar-refractivity contribution in [3.8, 4) is 28.0 Å². The number of hydrogen-bond donors (Lipinski definition) is 2. The minimum absolute atomic E-state index is 0.0541. The van der Waals surface area contributed by atoms with Crippen LogP contribution in [0, 0.1) is 0 Å². The first kappa shape index (κ1) is 27.3. The summed E-state index contributed by atoms with van der Waals surface area (Å²) in [7, 11) is 0. The van der Waals surface area contributed by atoms with Gasteiger partial charge in [0, 0.05) is 24.3 Å². The third-order valence-electron chi connectivity index (χ3n) is 6.24. The summed E-state index contributed by atoms with van der Waals surface area (Å²) < 4.78 is 5.92. The van der Waals surface area contributed by atoms with Gasteiger partial charge in [0.25, 0.3) is 0 Å². The minimum Gasteiger partial charge on any atom is -0.491 e. The standard InChI is InChI=1S/C31H39NO4/c1-6-16-32(17-7-2)28-14-12-25(21-27(28)31(3,4)5)26-20-24(13-15-29(26)36-19-18-33)22-8-10-23(11-9-22)30(34)35/h8-15,20-21,33H,6-7,16-19H2,1-5H3,(H,34,35). The van der Waals surface area contributed by atoms with Crippen LogP contribution < -0.4 is 9.64 Å². The number of carboxylic acids is 1. The first-order chi connectivity index (χ1) is 17.2. The number of hydrogen-bond acceptors (Lipinski definition) is 4. The molecule has 0 unspecified atom stereocenters. The summed E-state index contributed by atoms with van der Waals surface area (Å²) >= 11 is 0. The molecule has 0 fully saturated rings. The number of aromatic carboxylic acids is 1. The third kappa shape index (κ3) is 6.46. The molecule has 3 aromatic carbocycles. The third-order valence-corrected chi connectivity index (χ3v) is 6.24. The number of carboxylic acid groups (broad SMARTS) is 1. The number of aliphatic hydroxyl groups is 1. The van der Waals surface area contributed by atoms with E-state index in [4.69, 9.17) is 4.74 Å². The molecule has 2 N–H and O–H groups in total. The minimum atomic E-state index is -0.940. The lowest BCUT2D eigenvalue weighted by Crippen LogP contribution is -2.28. The highest BCUT2D eigenvalue weighted by Crippen LogP contribution is 2.40. The Hall–Kier alpha value is -3.31. The number of carbonyl (C=O) groups is 1. The van der Waals surface area contributed by atoms with Gasteiger partial charge in [0.15, 0.2) is 0 Å².